The molecule has 5 heteroatoms. The zero-order valence-corrected chi connectivity index (χ0v) is 14.1. The zero-order valence-electron chi connectivity index (χ0n) is 14.1. The summed E-state index contributed by atoms with van der Waals surface area (Å²) in [5.74, 6) is -0.913. The normalized spacial score (nSPS) is 11.2. The SMILES string of the molecule is CC(C)(CCNC(=O)CCc1ccc(-c2ccccc2)[nH]1)C(=O)O. The average molecular weight is 328 g/mol. The van der Waals surface area contributed by atoms with Crippen molar-refractivity contribution in [2.75, 3.05) is 6.54 Å². The van der Waals surface area contributed by atoms with Gasteiger partial charge in [-0.1, -0.05) is 30.3 Å². The fourth-order valence-electron chi connectivity index (χ4n) is 2.33. The molecule has 0 atom stereocenters. The molecule has 2 rings (SSSR count). The van der Waals surface area contributed by atoms with Crippen molar-refractivity contribution in [2.45, 2.75) is 33.1 Å². The van der Waals surface area contributed by atoms with Gasteiger partial charge in [0, 0.05) is 24.4 Å². The Labute approximate surface area is 142 Å². The van der Waals surface area contributed by atoms with E-state index in [1.165, 1.54) is 0 Å². The summed E-state index contributed by atoms with van der Waals surface area (Å²) in [5, 5.41) is 11.8. The summed E-state index contributed by atoms with van der Waals surface area (Å²) in [7, 11) is 0. The van der Waals surface area contributed by atoms with Crippen LogP contribution in [-0.2, 0) is 16.0 Å². The van der Waals surface area contributed by atoms with Crippen LogP contribution in [0.15, 0.2) is 42.5 Å². The van der Waals surface area contributed by atoms with E-state index in [1.807, 2.05) is 42.5 Å². The van der Waals surface area contributed by atoms with Gasteiger partial charge in [-0.15, -0.1) is 0 Å². The Morgan fingerprint density at radius 1 is 1.12 bits per heavy atom. The van der Waals surface area contributed by atoms with Gasteiger partial charge in [0.05, 0.1) is 5.41 Å². The molecule has 1 aromatic carbocycles. The van der Waals surface area contributed by atoms with E-state index in [-0.39, 0.29) is 5.91 Å². The number of H-pyrrole nitrogens is 1. The standard InChI is InChI=1S/C19H24N2O3/c1-19(2,18(23)24)12-13-20-17(22)11-9-15-8-10-16(21-15)14-6-4-3-5-7-14/h3-8,10,21H,9,11-13H2,1-2H3,(H,20,22)(H,23,24). The Balaban J connectivity index is 1.77. The average Bonchev–Trinajstić information content (AvgIpc) is 3.02. The summed E-state index contributed by atoms with van der Waals surface area (Å²) >= 11 is 0. The van der Waals surface area contributed by atoms with Crippen LogP contribution in [0.2, 0.25) is 0 Å². The van der Waals surface area contributed by atoms with Crippen molar-refractivity contribution in [2.24, 2.45) is 5.41 Å². The Morgan fingerprint density at radius 2 is 1.83 bits per heavy atom. The number of rotatable bonds is 8. The minimum absolute atomic E-state index is 0.0629. The molecular weight excluding hydrogens is 304 g/mol. The summed E-state index contributed by atoms with van der Waals surface area (Å²) in [6, 6.07) is 14.0. The lowest BCUT2D eigenvalue weighted by Crippen LogP contribution is -2.32. The maximum Gasteiger partial charge on any atom is 0.309 e. The van der Waals surface area contributed by atoms with Gasteiger partial charge < -0.3 is 15.4 Å². The lowest BCUT2D eigenvalue weighted by molar-refractivity contribution is -0.147. The highest BCUT2D eigenvalue weighted by atomic mass is 16.4. The smallest absolute Gasteiger partial charge is 0.309 e. The molecule has 0 saturated carbocycles. The van der Waals surface area contributed by atoms with Gasteiger partial charge >= 0.3 is 5.97 Å². The molecule has 2 aromatic rings. The van der Waals surface area contributed by atoms with Gasteiger partial charge in [0.1, 0.15) is 0 Å². The monoisotopic (exact) mass is 328 g/mol. The Bertz CT molecular complexity index is 690. The second kappa shape index (κ2) is 7.81. The number of aromatic amines is 1. The van der Waals surface area contributed by atoms with Crippen molar-refractivity contribution < 1.29 is 14.7 Å². The predicted molar refractivity (Wildman–Crippen MR) is 93.6 cm³/mol. The van der Waals surface area contributed by atoms with Gasteiger partial charge in [0.25, 0.3) is 0 Å². The molecule has 3 N–H and O–H groups in total. The van der Waals surface area contributed by atoms with Crippen LogP contribution in [0.1, 0.15) is 32.4 Å². The molecule has 0 aliphatic heterocycles. The van der Waals surface area contributed by atoms with Crippen LogP contribution in [0.25, 0.3) is 11.3 Å². The third-order valence-corrected chi connectivity index (χ3v) is 4.10. The first kappa shape index (κ1) is 17.8. The molecule has 0 spiro atoms. The first-order valence-electron chi connectivity index (χ1n) is 8.12. The fourth-order valence-corrected chi connectivity index (χ4v) is 2.33. The summed E-state index contributed by atoms with van der Waals surface area (Å²) < 4.78 is 0. The third-order valence-electron chi connectivity index (χ3n) is 4.10. The Kier molecular flexibility index (Phi) is 5.79. The van der Waals surface area contributed by atoms with E-state index in [4.69, 9.17) is 5.11 Å². The van der Waals surface area contributed by atoms with E-state index in [0.29, 0.717) is 25.8 Å². The Hall–Kier alpha value is -2.56. The van der Waals surface area contributed by atoms with Gasteiger partial charge in [-0.25, -0.2) is 0 Å². The van der Waals surface area contributed by atoms with Crippen molar-refractivity contribution in [3.8, 4) is 11.3 Å². The van der Waals surface area contributed by atoms with Crippen LogP contribution < -0.4 is 5.32 Å². The molecule has 1 aromatic heterocycles. The maximum absolute atomic E-state index is 11.9. The van der Waals surface area contributed by atoms with Crippen molar-refractivity contribution >= 4 is 11.9 Å². The first-order valence-corrected chi connectivity index (χ1v) is 8.12. The summed E-state index contributed by atoms with van der Waals surface area (Å²) in [6.45, 7) is 3.69. The number of carboxylic acids is 1. The van der Waals surface area contributed by atoms with E-state index in [0.717, 1.165) is 17.0 Å². The number of benzene rings is 1. The van der Waals surface area contributed by atoms with Crippen LogP contribution in [0.4, 0.5) is 0 Å². The van der Waals surface area contributed by atoms with E-state index in [1.54, 1.807) is 13.8 Å². The highest BCUT2D eigenvalue weighted by molar-refractivity contribution is 5.76. The summed E-state index contributed by atoms with van der Waals surface area (Å²) in [4.78, 5) is 26.2. The molecule has 1 amide bonds. The van der Waals surface area contributed by atoms with Crippen LogP contribution in [0.5, 0.6) is 0 Å². The van der Waals surface area contributed by atoms with Crippen LogP contribution in [0, 0.1) is 5.41 Å². The maximum atomic E-state index is 11.9. The summed E-state index contributed by atoms with van der Waals surface area (Å²) in [6.07, 6.45) is 1.41. The molecule has 24 heavy (non-hydrogen) atoms. The zero-order chi connectivity index (χ0) is 17.6. The van der Waals surface area contributed by atoms with E-state index >= 15 is 0 Å². The van der Waals surface area contributed by atoms with Crippen LogP contribution in [-0.4, -0.2) is 28.5 Å². The van der Waals surface area contributed by atoms with Crippen molar-refractivity contribution in [3.63, 3.8) is 0 Å². The summed E-state index contributed by atoms with van der Waals surface area (Å²) in [5.41, 5.74) is 2.34. The van der Waals surface area contributed by atoms with E-state index in [9.17, 15) is 9.59 Å². The molecule has 5 nitrogen and oxygen atoms in total. The largest absolute Gasteiger partial charge is 0.481 e. The molecule has 0 fully saturated rings. The quantitative estimate of drug-likeness (QED) is 0.696. The number of aromatic nitrogens is 1. The first-order chi connectivity index (χ1) is 11.4. The van der Waals surface area contributed by atoms with Gasteiger partial charge in [-0.05, 0) is 44.4 Å². The molecule has 0 aliphatic carbocycles. The number of aliphatic carboxylic acids is 1. The van der Waals surface area contributed by atoms with E-state index in [2.05, 4.69) is 10.3 Å². The number of hydrogen-bond acceptors (Lipinski definition) is 2. The number of amides is 1. The lowest BCUT2D eigenvalue weighted by atomic mass is 9.90. The molecule has 1 heterocycles. The minimum Gasteiger partial charge on any atom is -0.481 e. The molecule has 0 radical (unpaired) electrons. The second-order valence-corrected chi connectivity index (χ2v) is 6.55. The van der Waals surface area contributed by atoms with Crippen molar-refractivity contribution in [1.29, 1.82) is 0 Å². The van der Waals surface area contributed by atoms with Gasteiger partial charge in [0.15, 0.2) is 0 Å². The molecule has 128 valence electrons. The third kappa shape index (κ3) is 4.98. The predicted octanol–water partition coefficient (Wildman–Crippen LogP) is 3.23. The number of aryl methyl sites for hydroxylation is 1. The number of carboxylic acid groups (broad SMARTS) is 1. The highest BCUT2D eigenvalue weighted by Gasteiger charge is 2.26. The number of hydrogen-bond donors (Lipinski definition) is 3. The molecule has 0 unspecified atom stereocenters. The molecule has 0 bridgehead atoms. The van der Waals surface area contributed by atoms with E-state index < -0.39 is 11.4 Å². The lowest BCUT2D eigenvalue weighted by Gasteiger charge is -2.18. The Morgan fingerprint density at radius 3 is 2.50 bits per heavy atom. The van der Waals surface area contributed by atoms with Crippen LogP contribution in [0.3, 0.4) is 0 Å². The van der Waals surface area contributed by atoms with Crippen molar-refractivity contribution in [1.82, 2.24) is 10.3 Å². The molecule has 0 saturated heterocycles. The van der Waals surface area contributed by atoms with Gasteiger partial charge in [-0.3, -0.25) is 9.59 Å². The fraction of sp³-hybridized carbons (Fsp3) is 0.368. The number of carbonyl (C=O) groups is 2. The topological polar surface area (TPSA) is 82.2 Å². The highest BCUT2D eigenvalue weighted by Crippen LogP contribution is 2.20. The minimum atomic E-state index is -0.850. The van der Waals surface area contributed by atoms with Crippen LogP contribution >= 0.6 is 0 Å². The van der Waals surface area contributed by atoms with Crippen molar-refractivity contribution in [3.05, 3.63) is 48.2 Å². The molecule has 0 aliphatic rings. The number of nitrogens with one attached hydrogen (secondary N) is 2. The molecular formula is C19H24N2O3. The second-order valence-electron chi connectivity index (χ2n) is 6.55. The van der Waals surface area contributed by atoms with Gasteiger partial charge in [0.2, 0.25) is 5.91 Å². The van der Waals surface area contributed by atoms with Gasteiger partial charge in [-0.2, -0.15) is 0 Å². The number of carbonyl (C=O) groups excluding carboxylic acids is 1.